The number of aryl methyl sites for hydroxylation is 1. The van der Waals surface area contributed by atoms with Crippen LogP contribution < -0.4 is 14.4 Å². The number of halogens is 2. The molecule has 4 aromatic carbocycles. The lowest BCUT2D eigenvalue weighted by Gasteiger charge is -2.34. The molecule has 8 nitrogen and oxygen atoms in total. The summed E-state index contributed by atoms with van der Waals surface area (Å²) in [5.74, 6) is -0.416. The Morgan fingerprint density at radius 1 is 0.935 bits per heavy atom. The second-order valence-electron chi connectivity index (χ2n) is 10.8. The number of sulfonamides is 1. The van der Waals surface area contributed by atoms with Gasteiger partial charge < -0.3 is 15.0 Å². The van der Waals surface area contributed by atoms with E-state index in [0.29, 0.717) is 39.5 Å². The first-order chi connectivity index (χ1) is 22.0. The van der Waals surface area contributed by atoms with Gasteiger partial charge >= 0.3 is 0 Å². The Morgan fingerprint density at radius 2 is 1.63 bits per heavy atom. The van der Waals surface area contributed by atoms with Crippen LogP contribution in [0.15, 0.2) is 106 Å². The number of nitrogens with zero attached hydrogens (tertiary/aromatic N) is 2. The first-order valence-electron chi connectivity index (χ1n) is 14.8. The Morgan fingerprint density at radius 3 is 2.26 bits per heavy atom. The van der Waals surface area contributed by atoms with Crippen molar-refractivity contribution in [1.29, 1.82) is 0 Å². The van der Waals surface area contributed by atoms with E-state index < -0.39 is 28.5 Å². The molecule has 242 valence electrons. The standard InChI is InChI=1S/C35H37BrClN3O5S/c1-4-19-38-35(42)32(21-26-9-6-5-7-10-26)39(23-27-11-8-12-28(37)20-27)34(41)24-40(29-15-13-25(2)14-16-29)46(43,44)30-17-18-33(45-3)31(36)22-30/h5-18,20,22,32H,4,19,21,23-24H2,1-3H3,(H,38,42)/t32-/m0/s1. The van der Waals surface area contributed by atoms with Crippen molar-refractivity contribution >= 4 is 55.1 Å². The number of nitrogens with one attached hydrogen (secondary N) is 1. The third-order valence-electron chi connectivity index (χ3n) is 7.37. The Hall–Kier alpha value is -3.86. The Balaban J connectivity index is 1.81. The summed E-state index contributed by atoms with van der Waals surface area (Å²) in [6, 6.07) is 26.9. The lowest BCUT2D eigenvalue weighted by molar-refractivity contribution is -0.140. The molecule has 0 spiro atoms. The number of rotatable bonds is 14. The number of hydrogen-bond acceptors (Lipinski definition) is 5. The molecule has 0 fully saturated rings. The van der Waals surface area contributed by atoms with Crippen LogP contribution in [0.4, 0.5) is 5.69 Å². The second-order valence-corrected chi connectivity index (χ2v) is 13.9. The minimum absolute atomic E-state index is 0.0311. The van der Waals surface area contributed by atoms with Crippen molar-refractivity contribution in [1.82, 2.24) is 10.2 Å². The highest BCUT2D eigenvalue weighted by molar-refractivity contribution is 9.10. The van der Waals surface area contributed by atoms with Crippen LogP contribution in [0.2, 0.25) is 5.02 Å². The van der Waals surface area contributed by atoms with Crippen LogP contribution in [0.5, 0.6) is 5.75 Å². The summed E-state index contributed by atoms with van der Waals surface area (Å²) in [6.07, 6.45) is 0.939. The van der Waals surface area contributed by atoms with Crippen molar-refractivity contribution in [2.75, 3.05) is 24.5 Å². The molecule has 0 saturated heterocycles. The fourth-order valence-electron chi connectivity index (χ4n) is 4.93. The van der Waals surface area contributed by atoms with Crippen LogP contribution in [0.25, 0.3) is 0 Å². The fraction of sp³-hybridized carbons (Fsp3) is 0.257. The lowest BCUT2D eigenvalue weighted by Crippen LogP contribution is -2.53. The smallest absolute Gasteiger partial charge is 0.264 e. The van der Waals surface area contributed by atoms with Crippen molar-refractivity contribution in [2.24, 2.45) is 0 Å². The molecule has 0 unspecified atom stereocenters. The number of ether oxygens (including phenoxy) is 1. The van der Waals surface area contributed by atoms with Gasteiger partial charge in [-0.1, -0.05) is 78.7 Å². The minimum atomic E-state index is -4.26. The Kier molecular flexibility index (Phi) is 12.3. The monoisotopic (exact) mass is 725 g/mol. The van der Waals surface area contributed by atoms with Gasteiger partial charge in [-0.2, -0.15) is 0 Å². The minimum Gasteiger partial charge on any atom is -0.496 e. The lowest BCUT2D eigenvalue weighted by atomic mass is 10.0. The molecule has 0 aliphatic carbocycles. The van der Waals surface area contributed by atoms with Gasteiger partial charge in [0.25, 0.3) is 10.0 Å². The molecule has 0 radical (unpaired) electrons. The van der Waals surface area contributed by atoms with E-state index in [1.807, 2.05) is 50.2 Å². The zero-order valence-electron chi connectivity index (χ0n) is 26.0. The van der Waals surface area contributed by atoms with Crippen molar-refractivity contribution in [3.05, 3.63) is 123 Å². The molecule has 0 heterocycles. The van der Waals surface area contributed by atoms with E-state index >= 15 is 0 Å². The SMILES string of the molecule is CCCNC(=O)[C@H](Cc1ccccc1)N(Cc1cccc(Cl)c1)C(=O)CN(c1ccc(C)cc1)S(=O)(=O)c1ccc(OC)c(Br)c1. The number of benzene rings is 4. The molecule has 0 aliphatic heterocycles. The van der Waals surface area contributed by atoms with Gasteiger partial charge in [0.1, 0.15) is 18.3 Å². The largest absolute Gasteiger partial charge is 0.496 e. The van der Waals surface area contributed by atoms with Crippen LogP contribution >= 0.6 is 27.5 Å². The molecule has 0 aromatic heterocycles. The van der Waals surface area contributed by atoms with Crippen LogP contribution in [0, 0.1) is 6.92 Å². The van der Waals surface area contributed by atoms with Crippen molar-refractivity contribution in [2.45, 2.75) is 44.2 Å². The maximum atomic E-state index is 14.5. The maximum Gasteiger partial charge on any atom is 0.264 e. The quantitative estimate of drug-likeness (QED) is 0.155. The normalized spacial score (nSPS) is 11.8. The third kappa shape index (κ3) is 8.90. The van der Waals surface area contributed by atoms with E-state index in [9.17, 15) is 18.0 Å². The summed E-state index contributed by atoms with van der Waals surface area (Å²) in [6.45, 7) is 3.75. The molecule has 0 saturated carbocycles. The maximum absolute atomic E-state index is 14.5. The predicted molar refractivity (Wildman–Crippen MR) is 186 cm³/mol. The van der Waals surface area contributed by atoms with Crippen LogP contribution in [0.1, 0.15) is 30.0 Å². The predicted octanol–water partition coefficient (Wildman–Crippen LogP) is 6.78. The molecule has 2 amide bonds. The highest BCUT2D eigenvalue weighted by atomic mass is 79.9. The zero-order valence-corrected chi connectivity index (χ0v) is 29.1. The summed E-state index contributed by atoms with van der Waals surface area (Å²) in [5, 5.41) is 3.42. The average Bonchev–Trinajstić information content (AvgIpc) is 3.05. The molecule has 4 rings (SSSR count). The van der Waals surface area contributed by atoms with Gasteiger partial charge in [0.15, 0.2) is 0 Å². The number of carbonyl (C=O) groups excluding carboxylic acids is 2. The van der Waals surface area contributed by atoms with Crippen molar-refractivity contribution < 1.29 is 22.7 Å². The summed E-state index contributed by atoms with van der Waals surface area (Å²) in [5.41, 5.74) is 2.79. The summed E-state index contributed by atoms with van der Waals surface area (Å²) >= 11 is 9.68. The van der Waals surface area contributed by atoms with Crippen LogP contribution in [0.3, 0.4) is 0 Å². The molecular weight excluding hydrogens is 690 g/mol. The summed E-state index contributed by atoms with van der Waals surface area (Å²) in [7, 11) is -2.77. The van der Waals surface area contributed by atoms with Crippen molar-refractivity contribution in [3.63, 3.8) is 0 Å². The van der Waals surface area contributed by atoms with Gasteiger partial charge in [0.2, 0.25) is 11.8 Å². The molecular formula is C35H37BrClN3O5S. The topological polar surface area (TPSA) is 96.0 Å². The average molecular weight is 727 g/mol. The third-order valence-corrected chi connectivity index (χ3v) is 10.00. The molecule has 1 N–H and O–H groups in total. The summed E-state index contributed by atoms with van der Waals surface area (Å²) < 4.78 is 35.4. The Labute approximate surface area is 284 Å². The molecule has 0 aliphatic rings. The van der Waals surface area contributed by atoms with E-state index in [4.69, 9.17) is 16.3 Å². The molecule has 1 atom stereocenters. The zero-order chi connectivity index (χ0) is 33.3. The number of methoxy groups -OCH3 is 1. The van der Waals surface area contributed by atoms with Crippen LogP contribution in [-0.2, 0) is 32.6 Å². The molecule has 46 heavy (non-hydrogen) atoms. The van der Waals surface area contributed by atoms with Crippen molar-refractivity contribution in [3.8, 4) is 5.75 Å². The van der Waals surface area contributed by atoms with E-state index in [0.717, 1.165) is 15.4 Å². The highest BCUT2D eigenvalue weighted by Gasteiger charge is 2.34. The molecule has 11 heteroatoms. The number of hydrogen-bond donors (Lipinski definition) is 1. The number of carbonyl (C=O) groups is 2. The van der Waals surface area contributed by atoms with E-state index in [1.165, 1.54) is 24.1 Å². The Bertz CT molecular complexity index is 1750. The van der Waals surface area contributed by atoms with E-state index in [-0.39, 0.29) is 23.8 Å². The summed E-state index contributed by atoms with van der Waals surface area (Å²) in [4.78, 5) is 29.7. The first-order valence-corrected chi connectivity index (χ1v) is 17.4. The molecule has 0 bridgehead atoms. The first kappa shape index (κ1) is 35.0. The number of anilines is 1. The van der Waals surface area contributed by atoms with Gasteiger partial charge in [-0.25, -0.2) is 8.42 Å². The van der Waals surface area contributed by atoms with Gasteiger partial charge in [0.05, 0.1) is 22.2 Å². The van der Waals surface area contributed by atoms with Crippen LogP contribution in [-0.4, -0.2) is 51.4 Å². The van der Waals surface area contributed by atoms with Gasteiger partial charge in [-0.15, -0.1) is 0 Å². The van der Waals surface area contributed by atoms with Gasteiger partial charge in [0, 0.05) is 24.5 Å². The van der Waals surface area contributed by atoms with Gasteiger partial charge in [-0.3, -0.25) is 13.9 Å². The van der Waals surface area contributed by atoms with E-state index in [2.05, 4.69) is 21.2 Å². The van der Waals surface area contributed by atoms with Gasteiger partial charge in [-0.05, 0) is 82.9 Å². The number of amides is 2. The fourth-order valence-corrected chi connectivity index (χ4v) is 7.27. The van der Waals surface area contributed by atoms with E-state index in [1.54, 1.807) is 48.5 Å². The highest BCUT2D eigenvalue weighted by Crippen LogP contribution is 2.31. The molecule has 4 aromatic rings. The second kappa shape index (κ2) is 16.1.